The minimum Gasteiger partial charge on any atom is -0.496 e. The number of nitrogens with one attached hydrogen (secondary N) is 1. The Morgan fingerprint density at radius 1 is 1.17 bits per heavy atom. The Kier molecular flexibility index (Phi) is 5.25. The number of methoxy groups -OCH3 is 2. The maximum absolute atomic E-state index is 12.1. The Bertz CT molecular complexity index is 739. The molecule has 0 radical (unpaired) electrons. The molecule has 5 nitrogen and oxygen atoms in total. The Hall–Kier alpha value is -2.95. The zero-order chi connectivity index (χ0) is 16.8. The summed E-state index contributed by atoms with van der Waals surface area (Å²) < 4.78 is 10.4. The van der Waals surface area contributed by atoms with Gasteiger partial charge in [0.1, 0.15) is 5.75 Å². The van der Waals surface area contributed by atoms with Crippen LogP contribution in [0.4, 0.5) is 11.4 Å². The van der Waals surface area contributed by atoms with E-state index in [4.69, 9.17) is 15.2 Å². The number of nitrogen functional groups attached to an aromatic ring is 1. The van der Waals surface area contributed by atoms with Crippen molar-refractivity contribution in [3.63, 3.8) is 0 Å². The minimum absolute atomic E-state index is 0.262. The van der Waals surface area contributed by atoms with Crippen LogP contribution in [0.5, 0.6) is 11.5 Å². The number of aryl methyl sites for hydroxylation is 1. The van der Waals surface area contributed by atoms with Gasteiger partial charge in [-0.15, -0.1) is 0 Å². The van der Waals surface area contributed by atoms with Crippen molar-refractivity contribution >= 4 is 23.4 Å². The Morgan fingerprint density at radius 2 is 1.96 bits per heavy atom. The summed E-state index contributed by atoms with van der Waals surface area (Å²) in [4.78, 5) is 12.1. The van der Waals surface area contributed by atoms with Crippen LogP contribution in [0.3, 0.4) is 0 Å². The third-order valence-electron chi connectivity index (χ3n) is 3.35. The quantitative estimate of drug-likeness (QED) is 0.656. The largest absolute Gasteiger partial charge is 0.496 e. The summed E-state index contributed by atoms with van der Waals surface area (Å²) in [7, 11) is 3.14. The number of amides is 1. The van der Waals surface area contributed by atoms with E-state index in [1.807, 2.05) is 25.1 Å². The van der Waals surface area contributed by atoms with Gasteiger partial charge in [-0.3, -0.25) is 4.79 Å². The van der Waals surface area contributed by atoms with E-state index < -0.39 is 0 Å². The number of ether oxygens (including phenoxy) is 2. The third-order valence-corrected chi connectivity index (χ3v) is 3.35. The number of carbonyl (C=O) groups excluding carboxylic acids is 1. The topological polar surface area (TPSA) is 73.6 Å². The highest BCUT2D eigenvalue weighted by Gasteiger charge is 2.08. The van der Waals surface area contributed by atoms with Crippen molar-refractivity contribution in [1.29, 1.82) is 0 Å². The molecule has 1 amide bonds. The van der Waals surface area contributed by atoms with E-state index in [0.29, 0.717) is 17.1 Å². The van der Waals surface area contributed by atoms with Gasteiger partial charge in [-0.25, -0.2) is 0 Å². The number of nitrogens with two attached hydrogens (primary N) is 1. The number of hydrogen-bond donors (Lipinski definition) is 2. The molecule has 0 aliphatic heterocycles. The van der Waals surface area contributed by atoms with Gasteiger partial charge >= 0.3 is 0 Å². The average Bonchev–Trinajstić information content (AvgIpc) is 2.53. The van der Waals surface area contributed by atoms with E-state index in [0.717, 1.165) is 16.9 Å². The number of para-hydroxylation sites is 1. The standard InChI is InChI=1S/C18H20N2O3/c1-12-11-13(7-9-16(12)22-2)8-10-17(21)20-15-6-4-5-14(19)18(15)23-3/h4-11H,19H2,1-3H3,(H,20,21)/b10-8+. The second-order valence-corrected chi connectivity index (χ2v) is 4.98. The zero-order valence-electron chi connectivity index (χ0n) is 13.4. The van der Waals surface area contributed by atoms with Gasteiger partial charge in [0.25, 0.3) is 0 Å². The zero-order valence-corrected chi connectivity index (χ0v) is 13.4. The molecule has 2 aromatic rings. The van der Waals surface area contributed by atoms with Crippen LogP contribution >= 0.6 is 0 Å². The van der Waals surface area contributed by atoms with Gasteiger partial charge < -0.3 is 20.5 Å². The van der Waals surface area contributed by atoms with Gasteiger partial charge in [0.05, 0.1) is 25.6 Å². The summed E-state index contributed by atoms with van der Waals surface area (Å²) in [6, 6.07) is 10.9. The van der Waals surface area contributed by atoms with Crippen LogP contribution in [0.15, 0.2) is 42.5 Å². The normalized spacial score (nSPS) is 10.6. The van der Waals surface area contributed by atoms with Gasteiger partial charge in [0.2, 0.25) is 5.91 Å². The fourth-order valence-electron chi connectivity index (χ4n) is 2.23. The molecule has 0 spiro atoms. The highest BCUT2D eigenvalue weighted by molar-refractivity contribution is 6.03. The second-order valence-electron chi connectivity index (χ2n) is 4.98. The lowest BCUT2D eigenvalue weighted by Crippen LogP contribution is -2.09. The molecule has 0 bridgehead atoms. The van der Waals surface area contributed by atoms with Crippen LogP contribution in [0.2, 0.25) is 0 Å². The van der Waals surface area contributed by atoms with E-state index in [2.05, 4.69) is 5.32 Å². The molecule has 120 valence electrons. The fourth-order valence-corrected chi connectivity index (χ4v) is 2.23. The van der Waals surface area contributed by atoms with Crippen LogP contribution in [0, 0.1) is 6.92 Å². The minimum atomic E-state index is -0.262. The summed E-state index contributed by atoms with van der Waals surface area (Å²) in [6.45, 7) is 1.95. The van der Waals surface area contributed by atoms with Gasteiger partial charge in [0, 0.05) is 6.08 Å². The SMILES string of the molecule is COc1ccc(/C=C/C(=O)Nc2cccc(N)c2OC)cc1C. The molecule has 3 N–H and O–H groups in total. The van der Waals surface area contributed by atoms with Crippen LogP contribution in [0.25, 0.3) is 6.08 Å². The van der Waals surface area contributed by atoms with Crippen LogP contribution in [0.1, 0.15) is 11.1 Å². The maximum Gasteiger partial charge on any atom is 0.248 e. The first-order chi connectivity index (χ1) is 11.0. The van der Waals surface area contributed by atoms with Crippen LogP contribution in [-0.2, 0) is 4.79 Å². The molecule has 0 aliphatic rings. The summed E-state index contributed by atoms with van der Waals surface area (Å²) >= 11 is 0. The molecule has 0 aliphatic carbocycles. The molecule has 23 heavy (non-hydrogen) atoms. The molecule has 0 saturated carbocycles. The number of benzene rings is 2. The molecule has 0 unspecified atom stereocenters. The molecule has 0 heterocycles. The third kappa shape index (κ3) is 4.03. The van der Waals surface area contributed by atoms with Crippen molar-refractivity contribution in [3.8, 4) is 11.5 Å². The summed E-state index contributed by atoms with van der Waals surface area (Å²) in [5, 5.41) is 2.75. The summed E-state index contributed by atoms with van der Waals surface area (Å²) in [6.07, 6.45) is 3.20. The van der Waals surface area contributed by atoms with Gasteiger partial charge in [0.15, 0.2) is 5.75 Å². The van der Waals surface area contributed by atoms with Gasteiger partial charge in [-0.2, -0.15) is 0 Å². The first kappa shape index (κ1) is 16.4. The van der Waals surface area contributed by atoms with E-state index in [-0.39, 0.29) is 5.91 Å². The van der Waals surface area contributed by atoms with Crippen molar-refractivity contribution in [1.82, 2.24) is 0 Å². The van der Waals surface area contributed by atoms with Crippen LogP contribution in [-0.4, -0.2) is 20.1 Å². The van der Waals surface area contributed by atoms with Crippen molar-refractivity contribution in [2.75, 3.05) is 25.3 Å². The molecular formula is C18H20N2O3. The van der Waals surface area contributed by atoms with Crippen molar-refractivity contribution in [2.24, 2.45) is 0 Å². The van der Waals surface area contributed by atoms with E-state index in [9.17, 15) is 4.79 Å². The fraction of sp³-hybridized carbons (Fsp3) is 0.167. The van der Waals surface area contributed by atoms with E-state index >= 15 is 0 Å². The maximum atomic E-state index is 12.1. The number of hydrogen-bond acceptors (Lipinski definition) is 4. The number of rotatable bonds is 5. The predicted octanol–water partition coefficient (Wildman–Crippen LogP) is 3.25. The smallest absolute Gasteiger partial charge is 0.248 e. The van der Waals surface area contributed by atoms with E-state index in [1.165, 1.54) is 13.2 Å². The molecule has 2 rings (SSSR count). The molecular weight excluding hydrogens is 292 g/mol. The Balaban J connectivity index is 2.10. The molecule has 0 aromatic heterocycles. The molecule has 0 saturated heterocycles. The second kappa shape index (κ2) is 7.35. The van der Waals surface area contributed by atoms with Gasteiger partial charge in [-0.1, -0.05) is 12.1 Å². The predicted molar refractivity (Wildman–Crippen MR) is 92.8 cm³/mol. The molecule has 0 atom stereocenters. The molecule has 2 aromatic carbocycles. The van der Waals surface area contributed by atoms with Crippen molar-refractivity contribution < 1.29 is 14.3 Å². The monoisotopic (exact) mass is 312 g/mol. The van der Waals surface area contributed by atoms with E-state index in [1.54, 1.807) is 31.4 Å². The number of anilines is 2. The summed E-state index contributed by atoms with van der Waals surface area (Å²) in [5.41, 5.74) is 8.74. The number of carbonyl (C=O) groups is 1. The Morgan fingerprint density at radius 3 is 2.61 bits per heavy atom. The average molecular weight is 312 g/mol. The first-order valence-electron chi connectivity index (χ1n) is 7.11. The lowest BCUT2D eigenvalue weighted by molar-refractivity contribution is -0.111. The highest BCUT2D eigenvalue weighted by Crippen LogP contribution is 2.30. The van der Waals surface area contributed by atoms with Crippen molar-refractivity contribution in [2.45, 2.75) is 6.92 Å². The Labute approximate surface area is 135 Å². The van der Waals surface area contributed by atoms with Crippen molar-refractivity contribution in [3.05, 3.63) is 53.6 Å². The lowest BCUT2D eigenvalue weighted by atomic mass is 10.1. The summed E-state index contributed by atoms with van der Waals surface area (Å²) in [5.74, 6) is 1.01. The van der Waals surface area contributed by atoms with Crippen LogP contribution < -0.4 is 20.5 Å². The van der Waals surface area contributed by atoms with Gasteiger partial charge in [-0.05, 0) is 48.4 Å². The molecule has 0 fully saturated rings. The lowest BCUT2D eigenvalue weighted by Gasteiger charge is -2.10. The molecule has 5 heteroatoms. The first-order valence-corrected chi connectivity index (χ1v) is 7.11. The highest BCUT2D eigenvalue weighted by atomic mass is 16.5.